The zero-order chi connectivity index (χ0) is 12.8. The first kappa shape index (κ1) is 12.9. The van der Waals surface area contributed by atoms with Crippen molar-refractivity contribution in [3.8, 4) is 0 Å². The highest BCUT2D eigenvalue weighted by Gasteiger charge is 2.10. The molecule has 0 amide bonds. The molecule has 0 aliphatic heterocycles. The molecule has 2 aromatic rings. The molecule has 0 spiro atoms. The summed E-state index contributed by atoms with van der Waals surface area (Å²) in [5.74, 6) is 1.89. The van der Waals surface area contributed by atoms with Crippen LogP contribution in [0.4, 0.5) is 0 Å². The SMILES string of the molecule is C=CCSc1nnc(Cc2ccccc2)n1CC. The van der Waals surface area contributed by atoms with Gasteiger partial charge in [0.05, 0.1) is 0 Å². The zero-order valence-corrected chi connectivity index (χ0v) is 11.4. The van der Waals surface area contributed by atoms with Crippen LogP contribution >= 0.6 is 11.8 Å². The normalized spacial score (nSPS) is 10.5. The highest BCUT2D eigenvalue weighted by molar-refractivity contribution is 7.99. The Labute approximate surface area is 112 Å². The molecule has 0 atom stereocenters. The van der Waals surface area contributed by atoms with Crippen molar-refractivity contribution in [1.82, 2.24) is 14.8 Å². The van der Waals surface area contributed by atoms with Gasteiger partial charge in [0.15, 0.2) is 5.16 Å². The largest absolute Gasteiger partial charge is 0.306 e. The molecule has 0 unspecified atom stereocenters. The zero-order valence-electron chi connectivity index (χ0n) is 10.5. The lowest BCUT2D eigenvalue weighted by Gasteiger charge is -2.06. The Bertz CT molecular complexity index is 505. The standard InChI is InChI=1S/C14H17N3S/c1-3-10-18-14-16-15-13(17(14)4-2)11-12-8-6-5-7-9-12/h3,5-9H,1,4,10-11H2,2H3. The van der Waals surface area contributed by atoms with Crippen molar-refractivity contribution >= 4 is 11.8 Å². The fourth-order valence-electron chi connectivity index (χ4n) is 1.79. The molecule has 4 heteroatoms. The lowest BCUT2D eigenvalue weighted by atomic mass is 10.1. The first-order valence-corrected chi connectivity index (χ1v) is 7.03. The minimum atomic E-state index is 0.830. The maximum atomic E-state index is 4.29. The van der Waals surface area contributed by atoms with Crippen LogP contribution in [0.1, 0.15) is 18.3 Å². The van der Waals surface area contributed by atoms with E-state index < -0.39 is 0 Å². The molecule has 3 nitrogen and oxygen atoms in total. The van der Waals surface area contributed by atoms with Crippen molar-refractivity contribution in [1.29, 1.82) is 0 Å². The average Bonchev–Trinajstić information content (AvgIpc) is 2.79. The van der Waals surface area contributed by atoms with Crippen molar-refractivity contribution < 1.29 is 0 Å². The van der Waals surface area contributed by atoms with Crippen LogP contribution in [0.15, 0.2) is 48.1 Å². The van der Waals surface area contributed by atoms with E-state index in [1.807, 2.05) is 12.1 Å². The van der Waals surface area contributed by atoms with Gasteiger partial charge in [-0.25, -0.2) is 0 Å². The lowest BCUT2D eigenvalue weighted by Crippen LogP contribution is -2.04. The number of thioether (sulfide) groups is 1. The van der Waals surface area contributed by atoms with E-state index in [1.54, 1.807) is 11.8 Å². The van der Waals surface area contributed by atoms with Gasteiger partial charge in [-0.3, -0.25) is 0 Å². The van der Waals surface area contributed by atoms with Gasteiger partial charge in [-0.2, -0.15) is 0 Å². The van der Waals surface area contributed by atoms with E-state index in [0.29, 0.717) is 0 Å². The topological polar surface area (TPSA) is 30.7 Å². The Hall–Kier alpha value is -1.55. The molecule has 0 bridgehead atoms. The van der Waals surface area contributed by atoms with Crippen LogP contribution in [0.3, 0.4) is 0 Å². The van der Waals surface area contributed by atoms with Crippen LogP contribution in [0.2, 0.25) is 0 Å². The second-order valence-corrected chi connectivity index (χ2v) is 4.89. The summed E-state index contributed by atoms with van der Waals surface area (Å²) < 4.78 is 2.17. The van der Waals surface area contributed by atoms with Crippen LogP contribution in [-0.4, -0.2) is 20.5 Å². The monoisotopic (exact) mass is 259 g/mol. The van der Waals surface area contributed by atoms with E-state index in [1.165, 1.54) is 5.56 Å². The van der Waals surface area contributed by atoms with Crippen LogP contribution < -0.4 is 0 Å². The Kier molecular flexibility index (Phi) is 4.59. The number of nitrogens with zero attached hydrogens (tertiary/aromatic N) is 3. The Balaban J connectivity index is 2.18. The molecule has 0 fully saturated rings. The summed E-state index contributed by atoms with van der Waals surface area (Å²) in [7, 11) is 0. The van der Waals surface area contributed by atoms with Crippen LogP contribution in [0.25, 0.3) is 0 Å². The predicted octanol–water partition coefficient (Wildman–Crippen LogP) is 3.17. The van der Waals surface area contributed by atoms with Gasteiger partial charge in [-0.1, -0.05) is 48.2 Å². The van der Waals surface area contributed by atoms with Crippen molar-refractivity contribution in [2.24, 2.45) is 0 Å². The van der Waals surface area contributed by atoms with E-state index in [2.05, 4.69) is 52.5 Å². The summed E-state index contributed by atoms with van der Waals surface area (Å²) in [6.07, 6.45) is 2.71. The number of rotatable bonds is 6. The minimum absolute atomic E-state index is 0.830. The third-order valence-corrected chi connectivity index (χ3v) is 3.61. The van der Waals surface area contributed by atoms with Crippen molar-refractivity contribution in [3.63, 3.8) is 0 Å². The van der Waals surface area contributed by atoms with Gasteiger partial charge in [0.2, 0.25) is 0 Å². The van der Waals surface area contributed by atoms with Gasteiger partial charge in [0.1, 0.15) is 5.82 Å². The average molecular weight is 259 g/mol. The second-order valence-electron chi connectivity index (χ2n) is 3.91. The van der Waals surface area contributed by atoms with Crippen molar-refractivity contribution in [2.45, 2.75) is 25.0 Å². The molecular formula is C14H17N3S. The fourth-order valence-corrected chi connectivity index (χ4v) is 2.54. The Morgan fingerprint density at radius 2 is 2.06 bits per heavy atom. The van der Waals surface area contributed by atoms with Gasteiger partial charge < -0.3 is 4.57 Å². The Morgan fingerprint density at radius 3 is 2.72 bits per heavy atom. The fraction of sp³-hybridized carbons (Fsp3) is 0.286. The molecule has 18 heavy (non-hydrogen) atoms. The molecule has 94 valence electrons. The molecular weight excluding hydrogens is 242 g/mol. The van der Waals surface area contributed by atoms with Gasteiger partial charge in [-0.05, 0) is 12.5 Å². The van der Waals surface area contributed by atoms with E-state index >= 15 is 0 Å². The highest BCUT2D eigenvalue weighted by atomic mass is 32.2. The van der Waals surface area contributed by atoms with Gasteiger partial charge >= 0.3 is 0 Å². The van der Waals surface area contributed by atoms with E-state index in [0.717, 1.165) is 29.7 Å². The Morgan fingerprint density at radius 1 is 1.28 bits per heavy atom. The van der Waals surface area contributed by atoms with Crippen LogP contribution in [0, 0.1) is 0 Å². The molecule has 1 aromatic carbocycles. The number of hydrogen-bond donors (Lipinski definition) is 0. The summed E-state index contributed by atoms with van der Waals surface area (Å²) in [5.41, 5.74) is 1.26. The molecule has 1 heterocycles. The first-order chi connectivity index (χ1) is 8.85. The summed E-state index contributed by atoms with van der Waals surface area (Å²) in [6.45, 7) is 6.75. The number of benzene rings is 1. The first-order valence-electron chi connectivity index (χ1n) is 6.04. The summed E-state index contributed by atoms with van der Waals surface area (Å²) in [4.78, 5) is 0. The van der Waals surface area contributed by atoms with Gasteiger partial charge in [0, 0.05) is 18.7 Å². The van der Waals surface area contributed by atoms with E-state index in [9.17, 15) is 0 Å². The molecule has 0 aliphatic carbocycles. The number of hydrogen-bond acceptors (Lipinski definition) is 3. The predicted molar refractivity (Wildman–Crippen MR) is 75.9 cm³/mol. The minimum Gasteiger partial charge on any atom is -0.306 e. The van der Waals surface area contributed by atoms with Crippen LogP contribution in [0.5, 0.6) is 0 Å². The smallest absolute Gasteiger partial charge is 0.191 e. The molecule has 0 aliphatic rings. The molecule has 0 saturated carbocycles. The quantitative estimate of drug-likeness (QED) is 0.589. The third-order valence-electron chi connectivity index (χ3n) is 2.65. The highest BCUT2D eigenvalue weighted by Crippen LogP contribution is 2.18. The molecule has 2 rings (SSSR count). The van der Waals surface area contributed by atoms with Crippen molar-refractivity contribution in [2.75, 3.05) is 5.75 Å². The maximum absolute atomic E-state index is 4.29. The molecule has 0 saturated heterocycles. The van der Waals surface area contributed by atoms with E-state index in [4.69, 9.17) is 0 Å². The van der Waals surface area contributed by atoms with E-state index in [-0.39, 0.29) is 0 Å². The van der Waals surface area contributed by atoms with Crippen LogP contribution in [-0.2, 0) is 13.0 Å². The molecule has 1 aromatic heterocycles. The third kappa shape index (κ3) is 3.01. The summed E-state index contributed by atoms with van der Waals surface area (Å²) >= 11 is 1.67. The second kappa shape index (κ2) is 6.40. The van der Waals surface area contributed by atoms with Gasteiger partial charge in [0.25, 0.3) is 0 Å². The molecule has 0 radical (unpaired) electrons. The molecule has 0 N–H and O–H groups in total. The van der Waals surface area contributed by atoms with Crippen molar-refractivity contribution in [3.05, 3.63) is 54.4 Å². The summed E-state index contributed by atoms with van der Waals surface area (Å²) in [6, 6.07) is 10.4. The lowest BCUT2D eigenvalue weighted by molar-refractivity contribution is 0.651. The summed E-state index contributed by atoms with van der Waals surface area (Å²) in [5, 5.41) is 9.52. The maximum Gasteiger partial charge on any atom is 0.191 e. The number of aromatic nitrogens is 3. The van der Waals surface area contributed by atoms with Gasteiger partial charge in [-0.15, -0.1) is 16.8 Å².